The number of carbonyl (C=O) groups is 2. The van der Waals surface area contributed by atoms with E-state index in [-0.39, 0.29) is 12.2 Å². The van der Waals surface area contributed by atoms with Crippen LogP contribution in [0.15, 0.2) is 46.1 Å². The summed E-state index contributed by atoms with van der Waals surface area (Å²) in [5.41, 5.74) is -0.771. The predicted molar refractivity (Wildman–Crippen MR) is 107 cm³/mol. The molecule has 1 fully saturated rings. The predicted octanol–water partition coefficient (Wildman–Crippen LogP) is -0.908. The van der Waals surface area contributed by atoms with Gasteiger partial charge in [-0.3, -0.25) is 19.1 Å². The normalized spacial score (nSPS) is 22.8. The van der Waals surface area contributed by atoms with E-state index in [1.165, 1.54) is 20.2 Å². The number of ether oxygens (including phenoxy) is 3. The van der Waals surface area contributed by atoms with Crippen molar-refractivity contribution in [1.29, 1.82) is 0 Å². The monoisotopic (exact) mass is 433 g/mol. The van der Waals surface area contributed by atoms with Crippen LogP contribution in [0.25, 0.3) is 0 Å². The summed E-state index contributed by atoms with van der Waals surface area (Å²) in [6, 6.07) is 8.27. The number of amides is 1. The lowest BCUT2D eigenvalue weighted by atomic mass is 10.1. The largest absolute Gasteiger partial charge is 0.459 e. The zero-order valence-electron chi connectivity index (χ0n) is 16.9. The van der Waals surface area contributed by atoms with Gasteiger partial charge in [-0.25, -0.2) is 9.59 Å². The van der Waals surface area contributed by atoms with Gasteiger partial charge in [-0.05, 0) is 19.1 Å². The van der Waals surface area contributed by atoms with E-state index in [1.807, 2.05) is 0 Å². The highest BCUT2D eigenvalue weighted by Crippen LogP contribution is 2.31. The molecular weight excluding hydrogens is 410 g/mol. The Bertz CT molecular complexity index is 1050. The number of aromatic nitrogens is 2. The van der Waals surface area contributed by atoms with Gasteiger partial charge in [0.2, 0.25) is 5.91 Å². The second-order valence-corrected chi connectivity index (χ2v) is 6.95. The lowest BCUT2D eigenvalue weighted by Crippen LogP contribution is -2.41. The van der Waals surface area contributed by atoms with Crippen molar-refractivity contribution < 1.29 is 28.9 Å². The quantitative estimate of drug-likeness (QED) is 0.475. The first-order valence-corrected chi connectivity index (χ1v) is 9.51. The molecule has 4 unspecified atom stereocenters. The number of aryl methyl sites for hydroxylation is 1. The minimum atomic E-state index is -1.32. The molecule has 1 aromatic heterocycles. The van der Waals surface area contributed by atoms with Crippen LogP contribution >= 0.6 is 0 Å². The van der Waals surface area contributed by atoms with Gasteiger partial charge >= 0.3 is 11.7 Å². The van der Waals surface area contributed by atoms with Crippen LogP contribution in [0.1, 0.15) is 22.1 Å². The van der Waals surface area contributed by atoms with Gasteiger partial charge in [0, 0.05) is 18.8 Å². The van der Waals surface area contributed by atoms with Gasteiger partial charge in [-0.2, -0.15) is 0 Å². The number of nitrogens with zero attached hydrogens (tertiary/aromatic N) is 1. The molecule has 31 heavy (non-hydrogen) atoms. The Balaban J connectivity index is 1.80. The molecular formula is C20H23N3O8. The van der Waals surface area contributed by atoms with E-state index in [1.54, 1.807) is 30.3 Å². The topological polar surface area (TPSA) is 149 Å². The third-order valence-corrected chi connectivity index (χ3v) is 4.81. The number of likely N-dealkylation sites (N-methyl/N-ethyl adjacent to an activating group) is 1. The molecule has 3 rings (SSSR count). The van der Waals surface area contributed by atoms with Crippen LogP contribution in [-0.2, 0) is 19.0 Å². The van der Waals surface area contributed by atoms with Crippen molar-refractivity contribution in [1.82, 2.24) is 14.9 Å². The molecule has 3 N–H and O–H groups in total. The van der Waals surface area contributed by atoms with Crippen molar-refractivity contribution >= 4 is 11.9 Å². The highest BCUT2D eigenvalue weighted by Gasteiger charge is 2.46. The van der Waals surface area contributed by atoms with Crippen molar-refractivity contribution in [2.24, 2.45) is 0 Å². The van der Waals surface area contributed by atoms with Crippen molar-refractivity contribution in [3.63, 3.8) is 0 Å². The minimum Gasteiger partial charge on any atom is -0.459 e. The van der Waals surface area contributed by atoms with Crippen LogP contribution in [-0.4, -0.2) is 65.1 Å². The third-order valence-electron chi connectivity index (χ3n) is 4.81. The molecule has 0 bridgehead atoms. The number of esters is 1. The van der Waals surface area contributed by atoms with E-state index < -0.39 is 54.3 Å². The molecule has 166 valence electrons. The average molecular weight is 433 g/mol. The average Bonchev–Trinajstić information content (AvgIpc) is 3.08. The van der Waals surface area contributed by atoms with Gasteiger partial charge in [0.1, 0.15) is 31.5 Å². The number of hydrogen-bond donors (Lipinski definition) is 3. The molecule has 1 aliphatic rings. The molecule has 1 aromatic carbocycles. The first kappa shape index (κ1) is 22.4. The van der Waals surface area contributed by atoms with E-state index in [9.17, 15) is 24.3 Å². The first-order chi connectivity index (χ1) is 14.8. The number of H-pyrrole nitrogens is 1. The highest BCUT2D eigenvalue weighted by atomic mass is 16.6. The SMILES string of the molecule is CNC(=O)COC1C(O)C(COC(=O)c2ccccc2)OC1n1cc(C)c(=O)[nH]c1=O. The van der Waals surface area contributed by atoms with E-state index >= 15 is 0 Å². The molecule has 0 spiro atoms. The number of benzene rings is 1. The maximum Gasteiger partial charge on any atom is 0.338 e. The summed E-state index contributed by atoms with van der Waals surface area (Å²) in [6.07, 6.45) is -3.39. The van der Waals surface area contributed by atoms with Crippen molar-refractivity contribution in [3.8, 4) is 0 Å². The summed E-state index contributed by atoms with van der Waals surface area (Å²) in [5, 5.41) is 13.1. The lowest BCUT2D eigenvalue weighted by Gasteiger charge is -2.22. The molecule has 1 aliphatic heterocycles. The number of aliphatic hydroxyl groups excluding tert-OH is 1. The van der Waals surface area contributed by atoms with E-state index in [0.717, 1.165) is 4.57 Å². The van der Waals surface area contributed by atoms with Crippen molar-refractivity contribution in [2.75, 3.05) is 20.3 Å². The summed E-state index contributed by atoms with van der Waals surface area (Å²) in [4.78, 5) is 49.9. The van der Waals surface area contributed by atoms with Crippen LogP contribution in [0, 0.1) is 6.92 Å². The Hall–Kier alpha value is -3.28. The van der Waals surface area contributed by atoms with Gasteiger partial charge in [0.05, 0.1) is 5.56 Å². The lowest BCUT2D eigenvalue weighted by molar-refractivity contribution is -0.132. The number of hydrogen-bond acceptors (Lipinski definition) is 8. The number of aromatic amines is 1. The highest BCUT2D eigenvalue weighted by molar-refractivity contribution is 5.89. The van der Waals surface area contributed by atoms with Crippen molar-refractivity contribution in [3.05, 3.63) is 68.5 Å². The Morgan fingerprint density at radius 2 is 1.97 bits per heavy atom. The van der Waals surface area contributed by atoms with E-state index in [2.05, 4.69) is 10.3 Å². The third kappa shape index (κ3) is 5.08. The Labute approximate surface area is 176 Å². The number of aliphatic hydroxyl groups is 1. The summed E-state index contributed by atoms with van der Waals surface area (Å²) in [7, 11) is 1.42. The zero-order valence-corrected chi connectivity index (χ0v) is 16.9. The molecule has 11 heteroatoms. The zero-order chi connectivity index (χ0) is 22.5. The fourth-order valence-corrected chi connectivity index (χ4v) is 3.09. The fraction of sp³-hybridized carbons (Fsp3) is 0.400. The van der Waals surface area contributed by atoms with E-state index in [0.29, 0.717) is 5.56 Å². The molecule has 1 amide bonds. The molecule has 0 saturated carbocycles. The Morgan fingerprint density at radius 1 is 1.26 bits per heavy atom. The maximum absolute atomic E-state index is 12.3. The van der Waals surface area contributed by atoms with Crippen LogP contribution < -0.4 is 16.6 Å². The maximum atomic E-state index is 12.3. The van der Waals surface area contributed by atoms with Gasteiger partial charge in [0.25, 0.3) is 5.56 Å². The smallest absolute Gasteiger partial charge is 0.338 e. The molecule has 1 saturated heterocycles. The molecule has 0 radical (unpaired) electrons. The van der Waals surface area contributed by atoms with Gasteiger partial charge in [-0.15, -0.1) is 0 Å². The summed E-state index contributed by atoms with van der Waals surface area (Å²) in [5.74, 6) is -1.06. The Morgan fingerprint density at radius 3 is 2.65 bits per heavy atom. The van der Waals surface area contributed by atoms with Gasteiger partial charge in [-0.1, -0.05) is 18.2 Å². The second-order valence-electron chi connectivity index (χ2n) is 6.95. The van der Waals surface area contributed by atoms with Gasteiger partial charge < -0.3 is 24.6 Å². The Kier molecular flexibility index (Phi) is 7.00. The standard InChI is InChI=1S/C20H23N3O8/c1-11-8-23(20(28)22-17(11)26)18-16(29-10-14(24)21-2)15(25)13(31-18)9-30-19(27)12-6-4-3-5-7-12/h3-8,13,15-16,18,25H,9-10H2,1-2H3,(H,21,24)(H,22,26,28). The number of nitrogens with one attached hydrogen (secondary N) is 2. The van der Waals surface area contributed by atoms with Gasteiger partial charge in [0.15, 0.2) is 6.23 Å². The van der Waals surface area contributed by atoms with E-state index in [4.69, 9.17) is 14.2 Å². The van der Waals surface area contributed by atoms with Crippen LogP contribution in [0.5, 0.6) is 0 Å². The molecule has 0 aliphatic carbocycles. The summed E-state index contributed by atoms with van der Waals surface area (Å²) < 4.78 is 17.6. The number of carbonyl (C=O) groups excluding carboxylic acids is 2. The minimum absolute atomic E-state index is 0.238. The van der Waals surface area contributed by atoms with Crippen LogP contribution in [0.4, 0.5) is 0 Å². The molecule has 11 nitrogen and oxygen atoms in total. The molecule has 2 heterocycles. The van der Waals surface area contributed by atoms with Crippen molar-refractivity contribution in [2.45, 2.75) is 31.5 Å². The van der Waals surface area contributed by atoms with Crippen LogP contribution in [0.2, 0.25) is 0 Å². The summed E-state index contributed by atoms with van der Waals surface area (Å²) >= 11 is 0. The van der Waals surface area contributed by atoms with Crippen LogP contribution in [0.3, 0.4) is 0 Å². The molecule has 2 aromatic rings. The number of rotatable bonds is 7. The first-order valence-electron chi connectivity index (χ1n) is 9.51. The fourth-order valence-electron chi connectivity index (χ4n) is 3.09. The molecule has 4 atom stereocenters. The second kappa shape index (κ2) is 9.69. The summed E-state index contributed by atoms with van der Waals surface area (Å²) in [6.45, 7) is 0.785.